The molecule has 0 aromatic heterocycles. The molecule has 0 bridgehead atoms. The second kappa shape index (κ2) is 8.01. The van der Waals surface area contributed by atoms with Crippen LogP contribution in [0.2, 0.25) is 0 Å². The van der Waals surface area contributed by atoms with Crippen molar-refractivity contribution in [2.75, 3.05) is 31.1 Å². The molecule has 1 saturated heterocycles. The maximum atomic E-state index is 5.71. The summed E-state index contributed by atoms with van der Waals surface area (Å²) in [7, 11) is 0. The zero-order valence-corrected chi connectivity index (χ0v) is 14.1. The summed E-state index contributed by atoms with van der Waals surface area (Å²) in [6, 6.07) is 6.69. The summed E-state index contributed by atoms with van der Waals surface area (Å²) in [5, 5.41) is 3.44. The fourth-order valence-electron chi connectivity index (χ4n) is 2.50. The van der Waals surface area contributed by atoms with Gasteiger partial charge < -0.3 is 15.0 Å². The summed E-state index contributed by atoms with van der Waals surface area (Å²) in [5.41, 5.74) is 2.61. The quantitative estimate of drug-likeness (QED) is 0.829. The van der Waals surface area contributed by atoms with E-state index in [1.807, 2.05) is 0 Å². The molecule has 4 heteroatoms. The van der Waals surface area contributed by atoms with Gasteiger partial charge in [0.1, 0.15) is 0 Å². The molecule has 1 aromatic rings. The molecule has 1 N–H and O–H groups in total. The molecule has 0 aliphatic carbocycles. The third kappa shape index (κ3) is 4.47. The highest BCUT2D eigenvalue weighted by molar-refractivity contribution is 9.10. The highest BCUT2D eigenvalue weighted by atomic mass is 79.9. The summed E-state index contributed by atoms with van der Waals surface area (Å²) in [4.78, 5) is 2.42. The van der Waals surface area contributed by atoms with Crippen LogP contribution in [0.15, 0.2) is 22.7 Å². The normalized spacial score (nSPS) is 19.9. The minimum atomic E-state index is 0.308. The van der Waals surface area contributed by atoms with Crippen LogP contribution in [0.1, 0.15) is 32.3 Å². The largest absolute Gasteiger partial charge is 0.377 e. The van der Waals surface area contributed by atoms with Crippen molar-refractivity contribution in [3.05, 3.63) is 28.2 Å². The third-order valence-electron chi connectivity index (χ3n) is 3.60. The van der Waals surface area contributed by atoms with E-state index in [2.05, 4.69) is 58.2 Å². The van der Waals surface area contributed by atoms with Crippen LogP contribution in [0, 0.1) is 0 Å². The average molecular weight is 341 g/mol. The topological polar surface area (TPSA) is 24.5 Å². The Balaban J connectivity index is 2.03. The first-order chi connectivity index (χ1) is 9.70. The monoisotopic (exact) mass is 340 g/mol. The van der Waals surface area contributed by atoms with Gasteiger partial charge in [-0.2, -0.15) is 0 Å². The number of nitrogens with one attached hydrogen (secondary N) is 1. The first kappa shape index (κ1) is 15.8. The van der Waals surface area contributed by atoms with Gasteiger partial charge in [0.2, 0.25) is 0 Å². The summed E-state index contributed by atoms with van der Waals surface area (Å²) in [6.07, 6.45) is 2.57. The lowest BCUT2D eigenvalue weighted by atomic mass is 10.1. The van der Waals surface area contributed by atoms with E-state index in [1.54, 1.807) is 0 Å². The van der Waals surface area contributed by atoms with Crippen LogP contribution in [0.5, 0.6) is 0 Å². The van der Waals surface area contributed by atoms with E-state index >= 15 is 0 Å². The fraction of sp³-hybridized carbons (Fsp3) is 0.625. The third-order valence-corrected chi connectivity index (χ3v) is 4.33. The molecule has 0 amide bonds. The van der Waals surface area contributed by atoms with Crippen LogP contribution in [-0.2, 0) is 11.3 Å². The highest BCUT2D eigenvalue weighted by Gasteiger charge is 2.16. The zero-order valence-electron chi connectivity index (χ0n) is 12.5. The number of hydrogen-bond acceptors (Lipinski definition) is 3. The van der Waals surface area contributed by atoms with Crippen LogP contribution in [0.25, 0.3) is 0 Å². The van der Waals surface area contributed by atoms with Gasteiger partial charge >= 0.3 is 0 Å². The first-order valence-corrected chi connectivity index (χ1v) is 8.35. The fourth-order valence-corrected chi connectivity index (χ4v) is 3.01. The van der Waals surface area contributed by atoms with Gasteiger partial charge in [-0.05, 0) is 44.0 Å². The van der Waals surface area contributed by atoms with Crippen molar-refractivity contribution in [1.29, 1.82) is 0 Å². The number of nitrogens with zero attached hydrogens (tertiary/aromatic N) is 1. The summed E-state index contributed by atoms with van der Waals surface area (Å²) in [5.74, 6) is 0. The van der Waals surface area contributed by atoms with E-state index in [-0.39, 0.29) is 0 Å². The molecule has 1 aromatic carbocycles. The zero-order chi connectivity index (χ0) is 14.4. The summed E-state index contributed by atoms with van der Waals surface area (Å²) < 4.78 is 6.90. The number of hydrogen-bond donors (Lipinski definition) is 1. The molecule has 112 valence electrons. The molecule has 0 saturated carbocycles. The Hall–Kier alpha value is -0.580. The van der Waals surface area contributed by atoms with Crippen molar-refractivity contribution < 1.29 is 4.74 Å². The number of anilines is 1. The van der Waals surface area contributed by atoms with E-state index < -0.39 is 0 Å². The van der Waals surface area contributed by atoms with E-state index in [9.17, 15) is 0 Å². The first-order valence-electron chi connectivity index (χ1n) is 7.56. The average Bonchev–Trinajstić information content (AvgIpc) is 2.65. The Bertz CT molecular complexity index is 425. The van der Waals surface area contributed by atoms with Crippen molar-refractivity contribution >= 4 is 21.6 Å². The predicted octanol–water partition coefficient (Wildman–Crippen LogP) is 3.56. The van der Waals surface area contributed by atoms with E-state index in [0.29, 0.717) is 6.10 Å². The Morgan fingerprint density at radius 3 is 3.05 bits per heavy atom. The molecule has 0 spiro atoms. The number of halogens is 1. The second-order valence-corrected chi connectivity index (χ2v) is 6.29. The number of benzene rings is 1. The van der Waals surface area contributed by atoms with E-state index in [1.165, 1.54) is 22.1 Å². The minimum Gasteiger partial charge on any atom is -0.377 e. The molecule has 1 aliphatic heterocycles. The Kier molecular flexibility index (Phi) is 6.33. The standard InChI is InChI=1S/C16H25BrN2O/c1-3-7-18-11-14-5-6-15(10-16(14)17)19-8-4-9-20-13(2)12-19/h5-6,10,13,18H,3-4,7-9,11-12H2,1-2H3. The molecule has 0 radical (unpaired) electrons. The molecule has 1 aliphatic rings. The van der Waals surface area contributed by atoms with Crippen LogP contribution >= 0.6 is 15.9 Å². The molecule has 1 fully saturated rings. The van der Waals surface area contributed by atoms with Crippen molar-refractivity contribution in [2.45, 2.75) is 39.3 Å². The van der Waals surface area contributed by atoms with Crippen molar-refractivity contribution in [3.8, 4) is 0 Å². The smallest absolute Gasteiger partial charge is 0.0721 e. The van der Waals surface area contributed by atoms with Gasteiger partial charge in [0.25, 0.3) is 0 Å². The molecule has 1 atom stereocenters. The van der Waals surface area contributed by atoms with Crippen LogP contribution < -0.4 is 10.2 Å². The second-order valence-electron chi connectivity index (χ2n) is 5.43. The van der Waals surface area contributed by atoms with Gasteiger partial charge in [-0.1, -0.05) is 28.9 Å². The van der Waals surface area contributed by atoms with Crippen molar-refractivity contribution in [3.63, 3.8) is 0 Å². The van der Waals surface area contributed by atoms with Gasteiger partial charge in [-0.15, -0.1) is 0 Å². The summed E-state index contributed by atoms with van der Waals surface area (Å²) >= 11 is 3.70. The van der Waals surface area contributed by atoms with Crippen LogP contribution in [0.4, 0.5) is 5.69 Å². The summed E-state index contributed by atoms with van der Waals surface area (Å²) in [6.45, 7) is 9.25. The maximum Gasteiger partial charge on any atom is 0.0721 e. The van der Waals surface area contributed by atoms with Gasteiger partial charge in [0, 0.05) is 36.4 Å². The van der Waals surface area contributed by atoms with Gasteiger partial charge in [-0.3, -0.25) is 0 Å². The van der Waals surface area contributed by atoms with Crippen molar-refractivity contribution in [1.82, 2.24) is 5.32 Å². The predicted molar refractivity (Wildman–Crippen MR) is 88.4 cm³/mol. The molecule has 1 heterocycles. The molecule has 3 nitrogen and oxygen atoms in total. The van der Waals surface area contributed by atoms with Crippen LogP contribution in [0.3, 0.4) is 0 Å². The number of rotatable bonds is 5. The molecule has 20 heavy (non-hydrogen) atoms. The SMILES string of the molecule is CCCNCc1ccc(N2CCCOC(C)C2)cc1Br. The maximum absolute atomic E-state index is 5.71. The molecule has 1 unspecified atom stereocenters. The van der Waals surface area contributed by atoms with Gasteiger partial charge in [0.15, 0.2) is 0 Å². The van der Waals surface area contributed by atoms with E-state index in [4.69, 9.17) is 4.74 Å². The van der Waals surface area contributed by atoms with Crippen molar-refractivity contribution in [2.24, 2.45) is 0 Å². The lowest BCUT2D eigenvalue weighted by Gasteiger charge is -2.25. The van der Waals surface area contributed by atoms with Gasteiger partial charge in [0.05, 0.1) is 6.10 Å². The number of ether oxygens (including phenoxy) is 1. The molecular weight excluding hydrogens is 316 g/mol. The Morgan fingerprint density at radius 2 is 2.30 bits per heavy atom. The Labute approximate surface area is 130 Å². The highest BCUT2D eigenvalue weighted by Crippen LogP contribution is 2.25. The molecular formula is C16H25BrN2O. The van der Waals surface area contributed by atoms with Gasteiger partial charge in [-0.25, -0.2) is 0 Å². The lowest BCUT2D eigenvalue weighted by Crippen LogP contribution is -2.30. The molecule has 2 rings (SSSR count). The van der Waals surface area contributed by atoms with E-state index in [0.717, 1.165) is 39.2 Å². The Morgan fingerprint density at radius 1 is 1.45 bits per heavy atom. The van der Waals surface area contributed by atoms with Crippen LogP contribution in [-0.4, -0.2) is 32.3 Å². The lowest BCUT2D eigenvalue weighted by molar-refractivity contribution is 0.0821. The minimum absolute atomic E-state index is 0.308.